The number of amides is 3. The van der Waals surface area contributed by atoms with Crippen molar-refractivity contribution in [2.45, 2.75) is 81.4 Å². The van der Waals surface area contributed by atoms with Crippen LogP contribution in [0.4, 0.5) is 0 Å². The van der Waals surface area contributed by atoms with E-state index < -0.39 is 16.7 Å². The maximum atomic E-state index is 13.5. The van der Waals surface area contributed by atoms with Crippen LogP contribution in [0.3, 0.4) is 0 Å². The van der Waals surface area contributed by atoms with Crippen LogP contribution in [-0.4, -0.2) is 69.5 Å². The molecule has 0 radical (unpaired) electrons. The number of rotatable bonds is 10. The number of aliphatic hydroxyl groups is 1. The number of hydrogen-bond acceptors (Lipinski definition) is 5. The SMILES string of the molecule is CCCNC(=O)[C@@H]1[C@H]2C(=O)N(CCCCCO)C(C(=O)NC(C)C)C23CC[C@H]1S3. The number of thioether (sulfide) groups is 1. The molecule has 3 N–H and O–H groups in total. The molecular formula is C21H35N3O4S. The van der Waals surface area contributed by atoms with E-state index in [-0.39, 0.29) is 41.5 Å². The first-order valence-electron chi connectivity index (χ1n) is 11.0. The van der Waals surface area contributed by atoms with Crippen LogP contribution in [0.15, 0.2) is 0 Å². The average Bonchev–Trinajstić information content (AvgIpc) is 3.30. The highest BCUT2D eigenvalue weighted by molar-refractivity contribution is 8.02. The molecule has 3 aliphatic heterocycles. The third-order valence-electron chi connectivity index (χ3n) is 6.39. The number of carbonyl (C=O) groups is 3. The Kier molecular flexibility index (Phi) is 7.14. The summed E-state index contributed by atoms with van der Waals surface area (Å²) in [5, 5.41) is 15.2. The predicted molar refractivity (Wildman–Crippen MR) is 113 cm³/mol. The second-order valence-electron chi connectivity index (χ2n) is 8.83. The van der Waals surface area contributed by atoms with Crippen LogP contribution < -0.4 is 10.6 Å². The molecular weight excluding hydrogens is 390 g/mol. The van der Waals surface area contributed by atoms with Crippen LogP contribution in [0, 0.1) is 11.8 Å². The summed E-state index contributed by atoms with van der Waals surface area (Å²) >= 11 is 1.71. The Hall–Kier alpha value is -1.28. The quantitative estimate of drug-likeness (QED) is 0.458. The van der Waals surface area contributed by atoms with Crippen molar-refractivity contribution >= 4 is 29.5 Å². The summed E-state index contributed by atoms with van der Waals surface area (Å²) < 4.78 is -0.494. The summed E-state index contributed by atoms with van der Waals surface area (Å²) in [6.45, 7) is 7.11. The van der Waals surface area contributed by atoms with E-state index >= 15 is 0 Å². The topological polar surface area (TPSA) is 98.7 Å². The lowest BCUT2D eigenvalue weighted by Crippen LogP contribution is -2.54. The summed E-state index contributed by atoms with van der Waals surface area (Å²) in [6, 6.07) is -0.521. The summed E-state index contributed by atoms with van der Waals surface area (Å²) in [5.41, 5.74) is 0. The van der Waals surface area contributed by atoms with Gasteiger partial charge in [0.25, 0.3) is 0 Å². The number of nitrogens with zero attached hydrogens (tertiary/aromatic N) is 1. The third kappa shape index (κ3) is 4.02. The molecule has 0 aromatic carbocycles. The Labute approximate surface area is 177 Å². The van der Waals surface area contributed by atoms with Gasteiger partial charge in [-0.2, -0.15) is 0 Å². The molecule has 3 amide bonds. The van der Waals surface area contributed by atoms with Gasteiger partial charge in [-0.05, 0) is 52.4 Å². The van der Waals surface area contributed by atoms with Crippen molar-refractivity contribution in [1.29, 1.82) is 0 Å². The zero-order valence-electron chi connectivity index (χ0n) is 17.8. The van der Waals surface area contributed by atoms with E-state index in [9.17, 15) is 14.4 Å². The van der Waals surface area contributed by atoms with Gasteiger partial charge in [-0.3, -0.25) is 14.4 Å². The van der Waals surface area contributed by atoms with Crippen molar-refractivity contribution in [3.8, 4) is 0 Å². The number of unbranched alkanes of at least 4 members (excludes halogenated alkanes) is 2. The third-order valence-corrected chi connectivity index (χ3v) is 8.34. The van der Waals surface area contributed by atoms with Crippen molar-refractivity contribution in [3.63, 3.8) is 0 Å². The normalized spacial score (nSPS) is 32.7. The molecule has 2 unspecified atom stereocenters. The van der Waals surface area contributed by atoms with Gasteiger partial charge in [0.05, 0.1) is 16.6 Å². The first kappa shape index (κ1) is 22.4. The van der Waals surface area contributed by atoms with E-state index in [0.29, 0.717) is 19.5 Å². The van der Waals surface area contributed by atoms with Crippen molar-refractivity contribution in [2.24, 2.45) is 11.8 Å². The van der Waals surface area contributed by atoms with Crippen LogP contribution in [0.25, 0.3) is 0 Å². The number of hydrogen-bond donors (Lipinski definition) is 3. The zero-order chi connectivity index (χ0) is 21.2. The number of nitrogens with one attached hydrogen (secondary N) is 2. The number of aliphatic hydroxyl groups excluding tert-OH is 1. The number of fused-ring (bicyclic) bond motifs is 1. The summed E-state index contributed by atoms with van der Waals surface area (Å²) in [6.07, 6.45) is 4.80. The Morgan fingerprint density at radius 2 is 2.03 bits per heavy atom. The van der Waals surface area contributed by atoms with Gasteiger partial charge < -0.3 is 20.6 Å². The smallest absolute Gasteiger partial charge is 0.244 e. The van der Waals surface area contributed by atoms with Gasteiger partial charge in [0, 0.05) is 31.0 Å². The van der Waals surface area contributed by atoms with Crippen molar-refractivity contribution in [1.82, 2.24) is 15.5 Å². The highest BCUT2D eigenvalue weighted by Gasteiger charge is 2.73. The van der Waals surface area contributed by atoms with Crippen molar-refractivity contribution in [2.75, 3.05) is 19.7 Å². The molecule has 3 fully saturated rings. The zero-order valence-corrected chi connectivity index (χ0v) is 18.6. The standard InChI is InChI=1S/C21H35N3O4S/c1-4-10-22-18(26)15-14-8-9-21(29-14)16(15)20(28)24(11-6-5-7-12-25)17(21)19(27)23-13(2)3/h13-17,25H,4-12H2,1-3H3,(H,22,26)(H,23,27)/t14-,15+,16+,17?,21?/m1/s1. The molecule has 2 bridgehead atoms. The van der Waals surface area contributed by atoms with Gasteiger partial charge >= 0.3 is 0 Å². The highest BCUT2D eigenvalue weighted by Crippen LogP contribution is 2.66. The fourth-order valence-electron chi connectivity index (χ4n) is 5.29. The average molecular weight is 426 g/mol. The molecule has 0 saturated carbocycles. The molecule has 7 nitrogen and oxygen atoms in total. The van der Waals surface area contributed by atoms with Gasteiger partial charge in [-0.25, -0.2) is 0 Å². The molecule has 8 heteroatoms. The molecule has 3 aliphatic rings. The Morgan fingerprint density at radius 3 is 2.69 bits per heavy atom. The van der Waals surface area contributed by atoms with Gasteiger partial charge in [-0.15, -0.1) is 11.8 Å². The van der Waals surface area contributed by atoms with Crippen LogP contribution >= 0.6 is 11.8 Å². The molecule has 3 heterocycles. The van der Waals surface area contributed by atoms with E-state index in [1.807, 2.05) is 20.8 Å². The predicted octanol–water partition coefficient (Wildman–Crippen LogP) is 1.29. The van der Waals surface area contributed by atoms with Crippen LogP contribution in [0.2, 0.25) is 0 Å². The molecule has 1 spiro atoms. The van der Waals surface area contributed by atoms with E-state index in [4.69, 9.17) is 5.11 Å². The Bertz CT molecular complexity index is 643. The van der Waals surface area contributed by atoms with Gasteiger partial charge in [0.15, 0.2) is 0 Å². The van der Waals surface area contributed by atoms with E-state index in [1.165, 1.54) is 0 Å². The molecule has 5 atom stereocenters. The minimum atomic E-state index is -0.518. The maximum Gasteiger partial charge on any atom is 0.244 e. The second-order valence-corrected chi connectivity index (χ2v) is 10.4. The summed E-state index contributed by atoms with van der Waals surface area (Å²) in [4.78, 5) is 41.4. The monoisotopic (exact) mass is 425 g/mol. The highest BCUT2D eigenvalue weighted by atomic mass is 32.2. The lowest BCUT2D eigenvalue weighted by molar-refractivity contribution is -0.140. The number of carbonyl (C=O) groups excluding carboxylic acids is 3. The van der Waals surface area contributed by atoms with Gasteiger partial charge in [-0.1, -0.05) is 6.92 Å². The fraction of sp³-hybridized carbons (Fsp3) is 0.857. The summed E-state index contributed by atoms with van der Waals surface area (Å²) in [5.74, 6) is -0.923. The molecule has 29 heavy (non-hydrogen) atoms. The minimum Gasteiger partial charge on any atom is -0.396 e. The first-order valence-corrected chi connectivity index (χ1v) is 11.9. The second kappa shape index (κ2) is 9.25. The van der Waals surface area contributed by atoms with E-state index in [1.54, 1.807) is 16.7 Å². The van der Waals surface area contributed by atoms with Crippen LogP contribution in [-0.2, 0) is 14.4 Å². The molecule has 3 saturated heterocycles. The molecule has 3 rings (SSSR count). The molecule has 0 aromatic rings. The Balaban J connectivity index is 1.87. The van der Waals surface area contributed by atoms with E-state index in [0.717, 1.165) is 32.1 Å². The van der Waals surface area contributed by atoms with Crippen LogP contribution in [0.1, 0.15) is 59.3 Å². The summed E-state index contributed by atoms with van der Waals surface area (Å²) in [7, 11) is 0. The van der Waals surface area contributed by atoms with Crippen molar-refractivity contribution in [3.05, 3.63) is 0 Å². The molecule has 164 valence electrons. The largest absolute Gasteiger partial charge is 0.396 e. The van der Waals surface area contributed by atoms with Crippen LogP contribution in [0.5, 0.6) is 0 Å². The lowest BCUT2D eigenvalue weighted by atomic mass is 9.70. The lowest BCUT2D eigenvalue weighted by Gasteiger charge is -2.34. The number of likely N-dealkylation sites (tertiary alicyclic amines) is 1. The van der Waals surface area contributed by atoms with E-state index in [2.05, 4.69) is 10.6 Å². The van der Waals surface area contributed by atoms with Crippen molar-refractivity contribution < 1.29 is 19.5 Å². The first-order chi connectivity index (χ1) is 13.9. The van der Waals surface area contributed by atoms with Gasteiger partial charge in [0.1, 0.15) is 6.04 Å². The molecule has 0 aromatic heterocycles. The van der Waals surface area contributed by atoms with Gasteiger partial charge in [0.2, 0.25) is 17.7 Å². The fourth-order valence-corrected chi connectivity index (χ4v) is 7.51. The minimum absolute atomic E-state index is 0.00320. The molecule has 0 aliphatic carbocycles. The maximum absolute atomic E-state index is 13.5. The Morgan fingerprint density at radius 1 is 1.28 bits per heavy atom.